The number of nitrogens with zero attached hydrogens (tertiary/aromatic N) is 2. The third-order valence-electron chi connectivity index (χ3n) is 2.71. The van der Waals surface area contributed by atoms with E-state index in [4.69, 9.17) is 4.74 Å². The maximum Gasteiger partial charge on any atom is 0.120 e. The van der Waals surface area contributed by atoms with Crippen LogP contribution in [0.4, 0.5) is 0 Å². The Bertz CT molecular complexity index is 545. The van der Waals surface area contributed by atoms with Crippen molar-refractivity contribution < 1.29 is 9.84 Å². The molecule has 0 aliphatic heterocycles. The molecule has 5 nitrogen and oxygen atoms in total. The Morgan fingerprint density at radius 1 is 1.50 bits per heavy atom. The second-order valence-electron chi connectivity index (χ2n) is 4.58. The number of hydrogen-bond acceptors (Lipinski definition) is 4. The van der Waals surface area contributed by atoms with Gasteiger partial charge in [0, 0.05) is 36.4 Å². The largest absolute Gasteiger partial charge is 0.491 e. The van der Waals surface area contributed by atoms with Crippen LogP contribution in [0.3, 0.4) is 0 Å². The molecule has 0 aliphatic rings. The number of ether oxygens (including phenoxy) is 1. The first-order valence-corrected chi connectivity index (χ1v) is 7.17. The Morgan fingerprint density at radius 3 is 3.05 bits per heavy atom. The van der Waals surface area contributed by atoms with Gasteiger partial charge in [0.2, 0.25) is 0 Å². The molecule has 0 saturated carbocycles. The first-order chi connectivity index (χ1) is 9.63. The lowest BCUT2D eigenvalue weighted by atomic mass is 10.3. The summed E-state index contributed by atoms with van der Waals surface area (Å²) in [4.78, 5) is 0. The lowest BCUT2D eigenvalue weighted by molar-refractivity contribution is 0.106. The number of aryl methyl sites for hydroxylation is 1. The van der Waals surface area contributed by atoms with Crippen molar-refractivity contribution in [2.24, 2.45) is 7.05 Å². The molecule has 108 valence electrons. The Labute approximate surface area is 126 Å². The van der Waals surface area contributed by atoms with Crippen LogP contribution in [-0.4, -0.2) is 34.1 Å². The first-order valence-electron chi connectivity index (χ1n) is 6.38. The van der Waals surface area contributed by atoms with Gasteiger partial charge in [0.25, 0.3) is 0 Å². The molecule has 0 spiro atoms. The summed E-state index contributed by atoms with van der Waals surface area (Å²) in [7, 11) is 1.88. The van der Waals surface area contributed by atoms with E-state index in [1.54, 1.807) is 10.9 Å². The Balaban J connectivity index is 1.66. The molecule has 1 aromatic heterocycles. The van der Waals surface area contributed by atoms with Crippen molar-refractivity contribution in [1.29, 1.82) is 0 Å². The number of hydrogen-bond donors (Lipinski definition) is 2. The molecule has 2 rings (SSSR count). The molecule has 0 saturated heterocycles. The zero-order valence-electron chi connectivity index (χ0n) is 11.3. The van der Waals surface area contributed by atoms with E-state index >= 15 is 0 Å². The van der Waals surface area contributed by atoms with Crippen LogP contribution in [0.25, 0.3) is 0 Å². The maximum atomic E-state index is 9.84. The average molecular weight is 340 g/mol. The minimum atomic E-state index is -0.550. The summed E-state index contributed by atoms with van der Waals surface area (Å²) >= 11 is 3.38. The molecule has 0 amide bonds. The number of aliphatic hydroxyl groups is 1. The summed E-state index contributed by atoms with van der Waals surface area (Å²) < 4.78 is 8.23. The standard InChI is InChI=1S/C14H18BrN3O2/c1-18-9-11(7-17-18)6-16-8-13(19)10-20-14-4-2-3-12(15)5-14/h2-5,7,9,13,16,19H,6,8,10H2,1H3. The number of aromatic nitrogens is 2. The third kappa shape index (κ3) is 4.96. The van der Waals surface area contributed by atoms with Gasteiger partial charge in [0.1, 0.15) is 18.5 Å². The van der Waals surface area contributed by atoms with Gasteiger partial charge in [-0.15, -0.1) is 0 Å². The van der Waals surface area contributed by atoms with Crippen LogP contribution in [0.15, 0.2) is 41.1 Å². The summed E-state index contributed by atoms with van der Waals surface area (Å²) in [6, 6.07) is 7.56. The Morgan fingerprint density at radius 2 is 2.35 bits per heavy atom. The first kappa shape index (κ1) is 15.0. The zero-order chi connectivity index (χ0) is 14.4. The molecule has 0 bridgehead atoms. The fourth-order valence-corrected chi connectivity index (χ4v) is 2.13. The monoisotopic (exact) mass is 339 g/mol. The van der Waals surface area contributed by atoms with Gasteiger partial charge in [-0.05, 0) is 18.2 Å². The van der Waals surface area contributed by atoms with E-state index in [2.05, 4.69) is 26.3 Å². The van der Waals surface area contributed by atoms with Crippen LogP contribution in [0.2, 0.25) is 0 Å². The molecule has 1 heterocycles. The minimum absolute atomic E-state index is 0.260. The van der Waals surface area contributed by atoms with Crippen LogP contribution in [-0.2, 0) is 13.6 Å². The van der Waals surface area contributed by atoms with Crippen molar-refractivity contribution >= 4 is 15.9 Å². The summed E-state index contributed by atoms with van der Waals surface area (Å²) in [6.07, 6.45) is 3.19. The predicted molar refractivity (Wildman–Crippen MR) is 80.6 cm³/mol. The predicted octanol–water partition coefficient (Wildman–Crippen LogP) is 1.71. The van der Waals surface area contributed by atoms with E-state index in [0.717, 1.165) is 15.8 Å². The SMILES string of the molecule is Cn1cc(CNCC(O)COc2cccc(Br)c2)cn1. The molecule has 2 aromatic rings. The number of benzene rings is 1. The van der Waals surface area contributed by atoms with Crippen LogP contribution in [0.1, 0.15) is 5.56 Å². The van der Waals surface area contributed by atoms with Crippen molar-refractivity contribution in [3.05, 3.63) is 46.7 Å². The van der Waals surface area contributed by atoms with Gasteiger partial charge in [0.05, 0.1) is 6.20 Å². The topological polar surface area (TPSA) is 59.3 Å². The Kier molecular flexibility index (Phi) is 5.58. The molecular formula is C14H18BrN3O2. The molecule has 0 radical (unpaired) electrons. The van der Waals surface area contributed by atoms with E-state index in [1.807, 2.05) is 37.5 Å². The van der Waals surface area contributed by atoms with Crippen LogP contribution >= 0.6 is 15.9 Å². The van der Waals surface area contributed by atoms with Crippen molar-refractivity contribution in [3.8, 4) is 5.75 Å². The van der Waals surface area contributed by atoms with Crippen LogP contribution in [0.5, 0.6) is 5.75 Å². The minimum Gasteiger partial charge on any atom is -0.491 e. The third-order valence-corrected chi connectivity index (χ3v) is 3.20. The van der Waals surface area contributed by atoms with Crippen molar-refractivity contribution in [1.82, 2.24) is 15.1 Å². The maximum absolute atomic E-state index is 9.84. The number of aliphatic hydroxyl groups excluding tert-OH is 1. The van der Waals surface area contributed by atoms with E-state index in [0.29, 0.717) is 13.1 Å². The molecule has 1 atom stereocenters. The van der Waals surface area contributed by atoms with E-state index in [1.165, 1.54) is 0 Å². The van der Waals surface area contributed by atoms with Gasteiger partial charge in [-0.1, -0.05) is 22.0 Å². The van der Waals surface area contributed by atoms with E-state index in [-0.39, 0.29) is 6.61 Å². The lowest BCUT2D eigenvalue weighted by Crippen LogP contribution is -2.31. The molecule has 1 unspecified atom stereocenters. The number of halogens is 1. The van der Waals surface area contributed by atoms with Crippen molar-refractivity contribution in [2.45, 2.75) is 12.6 Å². The van der Waals surface area contributed by atoms with Gasteiger partial charge in [-0.3, -0.25) is 4.68 Å². The lowest BCUT2D eigenvalue weighted by Gasteiger charge is -2.13. The van der Waals surface area contributed by atoms with Gasteiger partial charge in [-0.2, -0.15) is 5.10 Å². The summed E-state index contributed by atoms with van der Waals surface area (Å²) in [5, 5.41) is 17.1. The smallest absolute Gasteiger partial charge is 0.120 e. The van der Waals surface area contributed by atoms with E-state index < -0.39 is 6.10 Å². The summed E-state index contributed by atoms with van der Waals surface area (Å²) in [5.74, 6) is 0.741. The normalized spacial score (nSPS) is 12.3. The van der Waals surface area contributed by atoms with Crippen molar-refractivity contribution in [3.63, 3.8) is 0 Å². The van der Waals surface area contributed by atoms with Gasteiger partial charge < -0.3 is 15.2 Å². The zero-order valence-corrected chi connectivity index (χ0v) is 12.9. The second-order valence-corrected chi connectivity index (χ2v) is 5.49. The average Bonchev–Trinajstić information content (AvgIpc) is 2.82. The molecule has 6 heteroatoms. The molecule has 0 aliphatic carbocycles. The van der Waals surface area contributed by atoms with Crippen LogP contribution < -0.4 is 10.1 Å². The van der Waals surface area contributed by atoms with Gasteiger partial charge >= 0.3 is 0 Å². The molecule has 0 fully saturated rings. The van der Waals surface area contributed by atoms with Crippen LogP contribution in [0, 0.1) is 0 Å². The summed E-state index contributed by atoms with van der Waals surface area (Å²) in [6.45, 7) is 1.42. The number of rotatable bonds is 7. The molecule has 1 aromatic carbocycles. The number of nitrogens with one attached hydrogen (secondary N) is 1. The highest BCUT2D eigenvalue weighted by atomic mass is 79.9. The van der Waals surface area contributed by atoms with Crippen molar-refractivity contribution in [2.75, 3.05) is 13.2 Å². The molecule has 20 heavy (non-hydrogen) atoms. The highest BCUT2D eigenvalue weighted by Crippen LogP contribution is 2.17. The van der Waals surface area contributed by atoms with E-state index in [9.17, 15) is 5.11 Å². The molecule has 2 N–H and O–H groups in total. The fourth-order valence-electron chi connectivity index (χ4n) is 1.75. The summed E-state index contributed by atoms with van der Waals surface area (Å²) in [5.41, 5.74) is 1.09. The highest BCUT2D eigenvalue weighted by molar-refractivity contribution is 9.10. The molecular weight excluding hydrogens is 322 g/mol. The quantitative estimate of drug-likeness (QED) is 0.806. The fraction of sp³-hybridized carbons (Fsp3) is 0.357. The second kappa shape index (κ2) is 7.42. The highest BCUT2D eigenvalue weighted by Gasteiger charge is 2.05. The van der Waals surface area contributed by atoms with Gasteiger partial charge in [-0.25, -0.2) is 0 Å². The Hall–Kier alpha value is -1.37. The van der Waals surface area contributed by atoms with Gasteiger partial charge in [0.15, 0.2) is 0 Å².